The van der Waals surface area contributed by atoms with Crippen molar-refractivity contribution in [1.29, 1.82) is 0 Å². The number of carbonyl (C=O) groups is 1. The molecular formula is C21H25F2N3O7S2. The van der Waals surface area contributed by atoms with Crippen molar-refractivity contribution in [3.63, 3.8) is 0 Å². The largest absolute Gasteiger partial charge is 0.495 e. The average Bonchev–Trinajstić information content (AvgIpc) is 2.81. The van der Waals surface area contributed by atoms with Crippen LogP contribution < -0.4 is 14.4 Å². The lowest BCUT2D eigenvalue weighted by Gasteiger charge is -2.28. The summed E-state index contributed by atoms with van der Waals surface area (Å²) in [6.07, 6.45) is 0.818. The van der Waals surface area contributed by atoms with Crippen molar-refractivity contribution in [3.8, 4) is 5.75 Å². The van der Waals surface area contributed by atoms with E-state index in [4.69, 9.17) is 9.47 Å². The molecule has 1 amide bonds. The maximum Gasteiger partial charge on any atom is 0.247 e. The first kappa shape index (κ1) is 26.8. The number of hydrogen-bond acceptors (Lipinski definition) is 7. The van der Waals surface area contributed by atoms with Gasteiger partial charge >= 0.3 is 0 Å². The van der Waals surface area contributed by atoms with Crippen LogP contribution in [-0.2, 0) is 29.6 Å². The molecule has 0 bridgehead atoms. The van der Waals surface area contributed by atoms with Crippen LogP contribution in [0.3, 0.4) is 0 Å². The summed E-state index contributed by atoms with van der Waals surface area (Å²) in [6.45, 7) is 2.03. The summed E-state index contributed by atoms with van der Waals surface area (Å²) in [7, 11) is -6.77. The van der Waals surface area contributed by atoms with E-state index in [1.54, 1.807) is 0 Å². The third kappa shape index (κ3) is 5.89. The minimum absolute atomic E-state index is 0.0575. The van der Waals surface area contributed by atoms with Gasteiger partial charge in [0, 0.05) is 24.8 Å². The van der Waals surface area contributed by atoms with Crippen molar-refractivity contribution in [3.05, 3.63) is 48.0 Å². The van der Waals surface area contributed by atoms with Gasteiger partial charge in [0.05, 0.1) is 32.3 Å². The van der Waals surface area contributed by atoms with Gasteiger partial charge < -0.3 is 14.8 Å². The van der Waals surface area contributed by atoms with Crippen LogP contribution in [-0.4, -0.2) is 72.8 Å². The van der Waals surface area contributed by atoms with Crippen molar-refractivity contribution in [2.24, 2.45) is 0 Å². The summed E-state index contributed by atoms with van der Waals surface area (Å²) >= 11 is 0. The number of amides is 1. The van der Waals surface area contributed by atoms with E-state index in [2.05, 4.69) is 5.32 Å². The number of nitrogens with zero attached hydrogens (tertiary/aromatic N) is 2. The van der Waals surface area contributed by atoms with Crippen molar-refractivity contribution in [2.75, 3.05) is 49.3 Å². The van der Waals surface area contributed by atoms with Crippen LogP contribution in [0.5, 0.6) is 5.75 Å². The Balaban J connectivity index is 1.92. The number of nitrogens with one attached hydrogen (secondary N) is 1. The maximum atomic E-state index is 13.7. The van der Waals surface area contributed by atoms with Crippen LogP contribution in [0.15, 0.2) is 41.3 Å². The number of anilines is 2. The maximum absolute atomic E-state index is 13.7. The number of methoxy groups -OCH3 is 1. The Hall–Kier alpha value is -2.81. The van der Waals surface area contributed by atoms with Crippen LogP contribution in [0.2, 0.25) is 0 Å². The van der Waals surface area contributed by atoms with Crippen LogP contribution in [0.25, 0.3) is 0 Å². The molecule has 0 saturated carbocycles. The number of sulfonamides is 2. The van der Waals surface area contributed by atoms with Crippen molar-refractivity contribution in [2.45, 2.75) is 17.9 Å². The minimum Gasteiger partial charge on any atom is -0.495 e. The van der Waals surface area contributed by atoms with Crippen molar-refractivity contribution in [1.82, 2.24) is 4.31 Å². The summed E-state index contributed by atoms with van der Waals surface area (Å²) in [4.78, 5) is 12.8. The van der Waals surface area contributed by atoms with Gasteiger partial charge in [-0.15, -0.1) is 0 Å². The Morgan fingerprint density at radius 2 is 1.74 bits per heavy atom. The molecule has 1 aliphatic heterocycles. The summed E-state index contributed by atoms with van der Waals surface area (Å²) in [5.41, 5.74) is -0.187. The zero-order valence-corrected chi connectivity index (χ0v) is 20.8. The highest BCUT2D eigenvalue weighted by atomic mass is 32.2. The highest BCUT2D eigenvalue weighted by Gasteiger charge is 2.32. The predicted octanol–water partition coefficient (Wildman–Crippen LogP) is 1.79. The van der Waals surface area contributed by atoms with Gasteiger partial charge in [0.15, 0.2) is 11.6 Å². The molecule has 1 aliphatic rings. The molecule has 1 saturated heterocycles. The molecule has 192 valence electrons. The van der Waals surface area contributed by atoms with Gasteiger partial charge in [-0.05, 0) is 37.3 Å². The third-order valence-electron chi connectivity index (χ3n) is 5.27. The van der Waals surface area contributed by atoms with Crippen LogP contribution in [0.1, 0.15) is 6.92 Å². The first-order chi connectivity index (χ1) is 16.4. The molecule has 0 spiro atoms. The molecule has 1 heterocycles. The average molecular weight is 534 g/mol. The number of hydrogen-bond donors (Lipinski definition) is 1. The van der Waals surface area contributed by atoms with E-state index in [-0.39, 0.29) is 48.3 Å². The number of halogens is 2. The summed E-state index contributed by atoms with van der Waals surface area (Å²) in [6, 6.07) is 5.01. The first-order valence-corrected chi connectivity index (χ1v) is 13.7. The number of ether oxygens (including phenoxy) is 2. The number of benzene rings is 2. The topological polar surface area (TPSA) is 122 Å². The standard InChI is InChI=1S/C21H25F2N3O7S2/c1-14(26(34(3,28)29)16-5-6-17(22)18(23)13-16)21(27)24-15-4-7-19(32-2)20(12-15)35(30,31)25-8-10-33-11-9-25/h4-7,12-14H,8-11H2,1-3H3,(H,24,27)/t14-/m1/s1. The van der Waals surface area contributed by atoms with Gasteiger partial charge in [0.25, 0.3) is 0 Å². The smallest absolute Gasteiger partial charge is 0.247 e. The van der Waals surface area contributed by atoms with E-state index in [0.29, 0.717) is 10.4 Å². The lowest BCUT2D eigenvalue weighted by molar-refractivity contribution is -0.116. The summed E-state index contributed by atoms with van der Waals surface area (Å²) < 4.78 is 90.4. The van der Waals surface area contributed by atoms with Gasteiger partial charge in [-0.2, -0.15) is 4.31 Å². The summed E-state index contributed by atoms with van der Waals surface area (Å²) in [5.74, 6) is -3.23. The van der Waals surface area contributed by atoms with Gasteiger partial charge in [0.2, 0.25) is 26.0 Å². The summed E-state index contributed by atoms with van der Waals surface area (Å²) in [5, 5.41) is 2.48. The van der Waals surface area contributed by atoms with Crippen LogP contribution in [0.4, 0.5) is 20.2 Å². The third-order valence-corrected chi connectivity index (χ3v) is 8.43. The molecule has 3 rings (SSSR count). The van der Waals surface area contributed by atoms with E-state index in [1.807, 2.05) is 0 Å². The zero-order chi connectivity index (χ0) is 26.0. The quantitative estimate of drug-likeness (QED) is 0.549. The zero-order valence-electron chi connectivity index (χ0n) is 19.2. The van der Waals surface area contributed by atoms with E-state index in [0.717, 1.165) is 18.4 Å². The fourth-order valence-electron chi connectivity index (χ4n) is 3.56. The molecule has 0 radical (unpaired) electrons. The molecule has 2 aromatic rings. The van der Waals surface area contributed by atoms with E-state index in [9.17, 15) is 30.4 Å². The fraction of sp³-hybridized carbons (Fsp3) is 0.381. The first-order valence-electron chi connectivity index (χ1n) is 10.4. The lowest BCUT2D eigenvalue weighted by atomic mass is 10.2. The highest BCUT2D eigenvalue weighted by Crippen LogP contribution is 2.31. The van der Waals surface area contributed by atoms with Gasteiger partial charge in [-0.1, -0.05) is 0 Å². The Morgan fingerprint density at radius 3 is 2.31 bits per heavy atom. The van der Waals surface area contributed by atoms with Gasteiger partial charge in [-0.3, -0.25) is 9.10 Å². The predicted molar refractivity (Wildman–Crippen MR) is 124 cm³/mol. The molecule has 1 N–H and O–H groups in total. The molecular weight excluding hydrogens is 508 g/mol. The minimum atomic E-state index is -4.09. The Morgan fingerprint density at radius 1 is 1.09 bits per heavy atom. The number of morpholine rings is 1. The van der Waals surface area contributed by atoms with Gasteiger partial charge in [0.1, 0.15) is 16.7 Å². The molecule has 0 aliphatic carbocycles. The molecule has 0 unspecified atom stereocenters. The second-order valence-corrected chi connectivity index (χ2v) is 11.5. The molecule has 0 aromatic heterocycles. The Kier molecular flexibility index (Phi) is 7.99. The molecule has 2 aromatic carbocycles. The van der Waals surface area contributed by atoms with Crippen molar-refractivity contribution >= 4 is 37.3 Å². The molecule has 10 nitrogen and oxygen atoms in total. The number of rotatable bonds is 8. The molecule has 1 atom stereocenters. The highest BCUT2D eigenvalue weighted by molar-refractivity contribution is 7.92. The van der Waals surface area contributed by atoms with E-state index < -0.39 is 43.6 Å². The van der Waals surface area contributed by atoms with E-state index >= 15 is 0 Å². The van der Waals surface area contributed by atoms with E-state index in [1.165, 1.54) is 36.5 Å². The monoisotopic (exact) mass is 533 g/mol. The number of carbonyl (C=O) groups excluding carboxylic acids is 1. The normalized spacial score (nSPS) is 15.9. The van der Waals surface area contributed by atoms with Gasteiger partial charge in [-0.25, -0.2) is 25.6 Å². The Bertz CT molecular complexity index is 1310. The molecule has 35 heavy (non-hydrogen) atoms. The lowest BCUT2D eigenvalue weighted by Crippen LogP contribution is -2.45. The van der Waals surface area contributed by atoms with Crippen LogP contribution >= 0.6 is 0 Å². The van der Waals surface area contributed by atoms with Crippen LogP contribution in [0, 0.1) is 11.6 Å². The SMILES string of the molecule is COc1ccc(NC(=O)[C@@H](C)N(c2ccc(F)c(F)c2)S(C)(=O)=O)cc1S(=O)(=O)N1CCOCC1. The second-order valence-electron chi connectivity index (χ2n) is 7.70. The fourth-order valence-corrected chi connectivity index (χ4v) is 6.32. The van der Waals surface area contributed by atoms with Crippen molar-refractivity contribution < 1.29 is 39.9 Å². The molecule has 14 heteroatoms. The molecule has 1 fully saturated rings. The Labute approximate surface area is 202 Å². The second kappa shape index (κ2) is 10.4.